The third kappa shape index (κ3) is 2.85. The summed E-state index contributed by atoms with van der Waals surface area (Å²) < 4.78 is 10.4. The van der Waals surface area contributed by atoms with Gasteiger partial charge in [-0.25, -0.2) is 0 Å². The summed E-state index contributed by atoms with van der Waals surface area (Å²) in [5.74, 6) is -1.37. The number of fused-ring (bicyclic) bond motifs is 1. The van der Waals surface area contributed by atoms with E-state index in [1.807, 2.05) is 6.07 Å². The van der Waals surface area contributed by atoms with Crippen LogP contribution in [0.1, 0.15) is 17.0 Å². The van der Waals surface area contributed by atoms with Crippen LogP contribution in [0.3, 0.4) is 0 Å². The van der Waals surface area contributed by atoms with Gasteiger partial charge in [-0.05, 0) is 23.8 Å². The molecular weight excluding hydrogens is 316 g/mol. The number of hydrogen-bond acceptors (Lipinski definition) is 4. The summed E-state index contributed by atoms with van der Waals surface area (Å²) in [6, 6.07) is 13.8. The van der Waals surface area contributed by atoms with E-state index in [0.29, 0.717) is 21.6 Å². The fourth-order valence-corrected chi connectivity index (χ4v) is 2.70. The Morgan fingerprint density at radius 2 is 1.91 bits per heavy atom. The molecule has 2 aromatic carbocycles. The summed E-state index contributed by atoms with van der Waals surface area (Å²) in [6.45, 7) is 0. The minimum absolute atomic E-state index is 0.220. The van der Waals surface area contributed by atoms with Gasteiger partial charge in [-0.3, -0.25) is 9.59 Å². The van der Waals surface area contributed by atoms with Crippen LogP contribution in [0.2, 0.25) is 5.02 Å². The van der Waals surface area contributed by atoms with Gasteiger partial charge in [0.15, 0.2) is 5.43 Å². The number of benzene rings is 2. The Kier molecular flexibility index (Phi) is 4.17. The number of halogens is 1. The molecule has 1 heterocycles. The largest absolute Gasteiger partial charge is 0.468 e. The van der Waals surface area contributed by atoms with Crippen molar-refractivity contribution < 1.29 is 13.9 Å². The van der Waals surface area contributed by atoms with Gasteiger partial charge < -0.3 is 9.15 Å². The number of carbonyl (C=O) groups excluding carboxylic acids is 1. The van der Waals surface area contributed by atoms with Crippen molar-refractivity contribution in [2.45, 2.75) is 5.92 Å². The number of esters is 1. The first-order valence-corrected chi connectivity index (χ1v) is 7.33. The Morgan fingerprint density at radius 3 is 2.61 bits per heavy atom. The van der Waals surface area contributed by atoms with Gasteiger partial charge in [-0.2, -0.15) is 0 Å². The Balaban J connectivity index is 2.25. The molecule has 0 aliphatic carbocycles. The first-order chi connectivity index (χ1) is 11.1. The summed E-state index contributed by atoms with van der Waals surface area (Å²) in [5.41, 5.74) is 0.999. The van der Waals surface area contributed by atoms with Crippen molar-refractivity contribution in [2.75, 3.05) is 7.11 Å². The molecule has 0 aliphatic heterocycles. The number of rotatable bonds is 3. The molecule has 1 atom stereocenters. The van der Waals surface area contributed by atoms with Crippen molar-refractivity contribution in [3.05, 3.63) is 81.2 Å². The molecule has 3 rings (SSSR count). The smallest absolute Gasteiger partial charge is 0.317 e. The zero-order valence-electron chi connectivity index (χ0n) is 12.3. The number of ether oxygens (including phenoxy) is 1. The quantitative estimate of drug-likeness (QED) is 0.687. The minimum atomic E-state index is -0.846. The second kappa shape index (κ2) is 6.26. The van der Waals surface area contributed by atoms with E-state index in [-0.39, 0.29) is 11.0 Å². The number of methoxy groups -OCH3 is 1. The zero-order valence-corrected chi connectivity index (χ0v) is 13.0. The predicted molar refractivity (Wildman–Crippen MR) is 87.8 cm³/mol. The molecular formula is C18H13ClO4. The topological polar surface area (TPSA) is 56.5 Å². The van der Waals surface area contributed by atoms with Gasteiger partial charge in [-0.1, -0.05) is 41.9 Å². The minimum Gasteiger partial charge on any atom is -0.468 e. The highest BCUT2D eigenvalue weighted by atomic mass is 35.5. The molecule has 0 fully saturated rings. The molecule has 0 spiro atoms. The molecule has 1 unspecified atom stereocenters. The first kappa shape index (κ1) is 15.3. The van der Waals surface area contributed by atoms with Gasteiger partial charge in [0.25, 0.3) is 0 Å². The van der Waals surface area contributed by atoms with E-state index in [1.165, 1.54) is 19.4 Å². The zero-order chi connectivity index (χ0) is 16.4. The van der Waals surface area contributed by atoms with Crippen molar-refractivity contribution in [1.82, 2.24) is 0 Å². The fourth-order valence-electron chi connectivity index (χ4n) is 2.52. The van der Waals surface area contributed by atoms with E-state index < -0.39 is 11.9 Å². The summed E-state index contributed by atoms with van der Waals surface area (Å²) in [7, 11) is 1.29. The van der Waals surface area contributed by atoms with Gasteiger partial charge in [0, 0.05) is 5.02 Å². The van der Waals surface area contributed by atoms with Gasteiger partial charge in [0.05, 0.1) is 24.3 Å². The van der Waals surface area contributed by atoms with Crippen LogP contribution in [0.15, 0.2) is 64.0 Å². The molecule has 4 nitrogen and oxygen atoms in total. The lowest BCUT2D eigenvalue weighted by atomic mass is 9.92. The van der Waals surface area contributed by atoms with Crippen LogP contribution >= 0.6 is 11.6 Å². The first-order valence-electron chi connectivity index (χ1n) is 6.95. The predicted octanol–water partition coefficient (Wildman–Crippen LogP) is 3.75. The second-order valence-electron chi connectivity index (χ2n) is 5.03. The molecule has 0 saturated carbocycles. The van der Waals surface area contributed by atoms with Crippen molar-refractivity contribution in [1.29, 1.82) is 0 Å². The van der Waals surface area contributed by atoms with E-state index in [4.69, 9.17) is 20.8 Å². The summed E-state index contributed by atoms with van der Waals surface area (Å²) in [5, 5.41) is 0.760. The molecule has 3 aromatic rings. The summed E-state index contributed by atoms with van der Waals surface area (Å²) in [4.78, 5) is 25.0. The maximum absolute atomic E-state index is 12.8. The molecule has 0 N–H and O–H groups in total. The van der Waals surface area contributed by atoms with Crippen LogP contribution < -0.4 is 5.43 Å². The number of carbonyl (C=O) groups is 1. The Bertz CT molecular complexity index is 915. The fraction of sp³-hybridized carbons (Fsp3) is 0.111. The third-order valence-electron chi connectivity index (χ3n) is 3.64. The molecule has 0 radical (unpaired) electrons. The second-order valence-corrected chi connectivity index (χ2v) is 5.46. The van der Waals surface area contributed by atoms with Gasteiger partial charge in [-0.15, -0.1) is 0 Å². The Labute approximate surface area is 137 Å². The van der Waals surface area contributed by atoms with Gasteiger partial charge >= 0.3 is 5.97 Å². The summed E-state index contributed by atoms with van der Waals surface area (Å²) >= 11 is 5.96. The van der Waals surface area contributed by atoms with E-state index in [0.717, 1.165) is 0 Å². The highest BCUT2D eigenvalue weighted by Gasteiger charge is 2.27. The monoisotopic (exact) mass is 328 g/mol. The van der Waals surface area contributed by atoms with Crippen LogP contribution in [-0.4, -0.2) is 13.1 Å². The van der Waals surface area contributed by atoms with Crippen molar-refractivity contribution in [3.8, 4) is 0 Å². The highest BCUT2D eigenvalue weighted by molar-refractivity contribution is 6.31. The SMILES string of the molecule is COC(=O)C(c1ccccc1)c1coc2ccc(Cl)cc2c1=O. The summed E-state index contributed by atoms with van der Waals surface area (Å²) in [6.07, 6.45) is 1.31. The average molecular weight is 329 g/mol. The van der Waals surface area contributed by atoms with Crippen LogP contribution in [0.5, 0.6) is 0 Å². The van der Waals surface area contributed by atoms with Crippen LogP contribution in [-0.2, 0) is 9.53 Å². The number of hydrogen-bond donors (Lipinski definition) is 0. The molecule has 116 valence electrons. The van der Waals surface area contributed by atoms with E-state index >= 15 is 0 Å². The molecule has 0 aliphatic rings. The Hall–Kier alpha value is -2.59. The molecule has 0 amide bonds. The average Bonchev–Trinajstić information content (AvgIpc) is 2.58. The van der Waals surface area contributed by atoms with Crippen molar-refractivity contribution in [3.63, 3.8) is 0 Å². The maximum Gasteiger partial charge on any atom is 0.317 e. The van der Waals surface area contributed by atoms with Crippen molar-refractivity contribution >= 4 is 28.5 Å². The highest BCUT2D eigenvalue weighted by Crippen LogP contribution is 2.26. The standard InChI is InChI=1S/C18H13ClO4/c1-22-18(21)16(11-5-3-2-4-6-11)14-10-23-15-8-7-12(19)9-13(15)17(14)20/h2-10,16H,1H3. The van der Waals surface area contributed by atoms with Gasteiger partial charge in [0.2, 0.25) is 0 Å². The van der Waals surface area contributed by atoms with E-state index in [9.17, 15) is 9.59 Å². The molecule has 0 bridgehead atoms. The van der Waals surface area contributed by atoms with Crippen molar-refractivity contribution in [2.24, 2.45) is 0 Å². The van der Waals surface area contributed by atoms with Crippen LogP contribution in [0.25, 0.3) is 11.0 Å². The third-order valence-corrected chi connectivity index (χ3v) is 3.88. The molecule has 1 aromatic heterocycles. The lowest BCUT2D eigenvalue weighted by Crippen LogP contribution is -2.22. The Morgan fingerprint density at radius 1 is 1.17 bits per heavy atom. The van der Waals surface area contributed by atoms with E-state index in [1.54, 1.807) is 36.4 Å². The van der Waals surface area contributed by atoms with Crippen LogP contribution in [0, 0.1) is 0 Å². The molecule has 5 heteroatoms. The maximum atomic E-state index is 12.8. The lowest BCUT2D eigenvalue weighted by molar-refractivity contribution is -0.141. The molecule has 23 heavy (non-hydrogen) atoms. The normalized spacial score (nSPS) is 12.1. The van der Waals surface area contributed by atoms with Gasteiger partial charge in [0.1, 0.15) is 11.5 Å². The lowest BCUT2D eigenvalue weighted by Gasteiger charge is -2.14. The van der Waals surface area contributed by atoms with E-state index in [2.05, 4.69) is 0 Å². The molecule has 0 saturated heterocycles. The van der Waals surface area contributed by atoms with Crippen LogP contribution in [0.4, 0.5) is 0 Å².